The molecule has 3 amide bonds. The van der Waals surface area contributed by atoms with Crippen LogP contribution in [0.25, 0.3) is 0 Å². The molecule has 1 N–H and O–H groups in total. The van der Waals surface area contributed by atoms with Gasteiger partial charge in [0.25, 0.3) is 0 Å². The minimum atomic E-state index is -0.640. The highest BCUT2D eigenvalue weighted by Gasteiger charge is 2.40. The van der Waals surface area contributed by atoms with Gasteiger partial charge in [-0.1, -0.05) is 11.6 Å². The molecule has 0 saturated carbocycles. The molecule has 2 aromatic rings. The van der Waals surface area contributed by atoms with Crippen molar-refractivity contribution in [3.8, 4) is 0 Å². The number of thioether (sulfide) groups is 1. The summed E-state index contributed by atoms with van der Waals surface area (Å²) in [7, 11) is 1.27. The van der Waals surface area contributed by atoms with Crippen LogP contribution in [0.3, 0.4) is 0 Å². The summed E-state index contributed by atoms with van der Waals surface area (Å²) in [5.41, 5.74) is 1.29. The normalized spacial score (nSPS) is 16.1. The van der Waals surface area contributed by atoms with Gasteiger partial charge in [-0.05, 0) is 48.5 Å². The van der Waals surface area contributed by atoms with Gasteiger partial charge in [0.05, 0.1) is 29.4 Å². The van der Waals surface area contributed by atoms with Crippen molar-refractivity contribution in [3.05, 3.63) is 59.1 Å². The lowest BCUT2D eigenvalue weighted by Crippen LogP contribution is -2.31. The van der Waals surface area contributed by atoms with Crippen molar-refractivity contribution in [2.45, 2.75) is 11.7 Å². The molecule has 1 aliphatic heterocycles. The molecule has 150 valence electrons. The second-order valence-corrected chi connectivity index (χ2v) is 7.79. The summed E-state index contributed by atoms with van der Waals surface area (Å²) >= 11 is 6.92. The molecule has 0 aromatic heterocycles. The second kappa shape index (κ2) is 9.11. The number of hydrogen-bond acceptors (Lipinski definition) is 6. The molecular weight excluding hydrogens is 416 g/mol. The number of hydrogen-bond donors (Lipinski definition) is 1. The van der Waals surface area contributed by atoms with Crippen LogP contribution in [0.1, 0.15) is 16.8 Å². The van der Waals surface area contributed by atoms with E-state index in [2.05, 4.69) is 10.1 Å². The highest BCUT2D eigenvalue weighted by molar-refractivity contribution is 8.01. The quantitative estimate of drug-likeness (QED) is 0.557. The number of esters is 1. The standard InChI is InChI=1S/C20H17ClN2O5S/c1-28-20(27)12-2-8-15(9-3-12)23-18(25)10-16(19(23)26)29-11-17(24)22-14-6-4-13(21)5-7-14/h2-9,16H,10-11H2,1H3,(H,22,24)/t16-/m1/s1. The Morgan fingerprint density at radius 3 is 2.41 bits per heavy atom. The van der Waals surface area contributed by atoms with E-state index in [9.17, 15) is 19.2 Å². The lowest BCUT2D eigenvalue weighted by molar-refractivity contribution is -0.121. The molecule has 0 aliphatic carbocycles. The molecule has 0 bridgehead atoms. The molecule has 29 heavy (non-hydrogen) atoms. The van der Waals surface area contributed by atoms with E-state index in [1.807, 2.05) is 0 Å². The lowest BCUT2D eigenvalue weighted by atomic mass is 10.2. The van der Waals surface area contributed by atoms with Crippen LogP contribution in [0.2, 0.25) is 5.02 Å². The molecule has 7 nitrogen and oxygen atoms in total. The van der Waals surface area contributed by atoms with Crippen LogP contribution in [-0.2, 0) is 19.1 Å². The minimum absolute atomic E-state index is 0.0104. The van der Waals surface area contributed by atoms with Crippen molar-refractivity contribution in [2.24, 2.45) is 0 Å². The zero-order valence-corrected chi connectivity index (χ0v) is 17.0. The van der Waals surface area contributed by atoms with Crippen LogP contribution in [-0.4, -0.2) is 41.8 Å². The zero-order valence-electron chi connectivity index (χ0n) is 15.4. The van der Waals surface area contributed by atoms with Crippen LogP contribution in [0, 0.1) is 0 Å². The topological polar surface area (TPSA) is 92.8 Å². The lowest BCUT2D eigenvalue weighted by Gasteiger charge is -2.15. The Hall–Kier alpha value is -2.84. The largest absolute Gasteiger partial charge is 0.465 e. The number of carbonyl (C=O) groups is 4. The smallest absolute Gasteiger partial charge is 0.337 e. The summed E-state index contributed by atoms with van der Waals surface area (Å²) in [5, 5.41) is 2.63. The molecular formula is C20H17ClN2O5S. The Morgan fingerprint density at radius 2 is 1.79 bits per heavy atom. The van der Waals surface area contributed by atoms with Crippen LogP contribution < -0.4 is 10.2 Å². The van der Waals surface area contributed by atoms with Gasteiger partial charge in [0, 0.05) is 17.1 Å². The molecule has 3 rings (SSSR count). The molecule has 1 atom stereocenters. The van der Waals surface area contributed by atoms with Crippen molar-refractivity contribution in [3.63, 3.8) is 0 Å². The summed E-state index contributed by atoms with van der Waals surface area (Å²) in [4.78, 5) is 49.7. The van der Waals surface area contributed by atoms with E-state index in [1.54, 1.807) is 24.3 Å². The number of anilines is 2. The first-order valence-electron chi connectivity index (χ1n) is 8.61. The van der Waals surface area contributed by atoms with Gasteiger partial charge in [-0.2, -0.15) is 0 Å². The predicted molar refractivity (Wildman–Crippen MR) is 111 cm³/mol. The Kier molecular flexibility index (Phi) is 6.56. The van der Waals surface area contributed by atoms with E-state index in [-0.39, 0.29) is 29.9 Å². The van der Waals surface area contributed by atoms with E-state index in [1.165, 1.54) is 31.4 Å². The average molecular weight is 433 g/mol. The molecule has 1 aliphatic rings. The SMILES string of the molecule is COC(=O)c1ccc(N2C(=O)C[C@@H](SCC(=O)Nc3ccc(Cl)cc3)C2=O)cc1. The third-order valence-corrected chi connectivity index (χ3v) is 5.65. The summed E-state index contributed by atoms with van der Waals surface area (Å²) in [5.74, 6) is -1.49. The number of amides is 3. The number of rotatable bonds is 6. The van der Waals surface area contributed by atoms with Crippen LogP contribution in [0.15, 0.2) is 48.5 Å². The highest BCUT2D eigenvalue weighted by atomic mass is 35.5. The maximum Gasteiger partial charge on any atom is 0.337 e. The van der Waals surface area contributed by atoms with Gasteiger partial charge in [0.15, 0.2) is 0 Å². The Balaban J connectivity index is 1.59. The average Bonchev–Trinajstić information content (AvgIpc) is 3.01. The Bertz CT molecular complexity index is 946. The van der Waals surface area contributed by atoms with Gasteiger partial charge in [-0.15, -0.1) is 11.8 Å². The molecule has 9 heteroatoms. The summed E-state index contributed by atoms with van der Waals surface area (Å²) in [6, 6.07) is 12.7. The molecule has 1 fully saturated rings. The van der Waals surface area contributed by atoms with Crippen molar-refractivity contribution in [1.82, 2.24) is 0 Å². The van der Waals surface area contributed by atoms with Gasteiger partial charge < -0.3 is 10.1 Å². The van der Waals surface area contributed by atoms with E-state index < -0.39 is 11.2 Å². The van der Waals surface area contributed by atoms with Crippen molar-refractivity contribution in [2.75, 3.05) is 23.1 Å². The van der Waals surface area contributed by atoms with Crippen molar-refractivity contribution >= 4 is 58.4 Å². The molecule has 0 radical (unpaired) electrons. The third kappa shape index (κ3) is 4.96. The fourth-order valence-corrected chi connectivity index (χ4v) is 3.84. The predicted octanol–water partition coefficient (Wildman–Crippen LogP) is 3.13. The number of benzene rings is 2. The number of halogens is 1. The van der Waals surface area contributed by atoms with Crippen LogP contribution in [0.5, 0.6) is 0 Å². The van der Waals surface area contributed by atoms with Gasteiger partial charge in [-0.3, -0.25) is 14.4 Å². The van der Waals surface area contributed by atoms with Gasteiger partial charge in [0.2, 0.25) is 17.7 Å². The first-order valence-corrected chi connectivity index (χ1v) is 10.0. The Labute approximate surface area is 176 Å². The van der Waals surface area contributed by atoms with Crippen LogP contribution in [0.4, 0.5) is 11.4 Å². The third-order valence-electron chi connectivity index (χ3n) is 4.20. The van der Waals surface area contributed by atoms with E-state index in [0.29, 0.717) is 22.0 Å². The monoisotopic (exact) mass is 432 g/mol. The van der Waals surface area contributed by atoms with E-state index in [4.69, 9.17) is 11.6 Å². The number of methoxy groups -OCH3 is 1. The summed E-state index contributed by atoms with van der Waals surface area (Å²) in [6.45, 7) is 0. The molecule has 1 saturated heterocycles. The zero-order chi connectivity index (χ0) is 21.0. The molecule has 0 unspecified atom stereocenters. The molecule has 0 spiro atoms. The van der Waals surface area contributed by atoms with Gasteiger partial charge >= 0.3 is 5.97 Å². The molecule has 2 aromatic carbocycles. The number of imide groups is 1. The second-order valence-electron chi connectivity index (χ2n) is 6.16. The van der Waals surface area contributed by atoms with Gasteiger partial charge in [0.1, 0.15) is 0 Å². The van der Waals surface area contributed by atoms with Crippen molar-refractivity contribution in [1.29, 1.82) is 0 Å². The number of nitrogens with zero attached hydrogens (tertiary/aromatic N) is 1. The fraction of sp³-hybridized carbons (Fsp3) is 0.200. The fourth-order valence-electron chi connectivity index (χ4n) is 2.78. The minimum Gasteiger partial charge on any atom is -0.465 e. The van der Waals surface area contributed by atoms with Gasteiger partial charge in [-0.25, -0.2) is 9.69 Å². The first-order chi connectivity index (χ1) is 13.9. The molecule has 1 heterocycles. The number of carbonyl (C=O) groups excluding carboxylic acids is 4. The Morgan fingerprint density at radius 1 is 1.14 bits per heavy atom. The van der Waals surface area contributed by atoms with E-state index >= 15 is 0 Å². The van der Waals surface area contributed by atoms with Crippen LogP contribution >= 0.6 is 23.4 Å². The maximum absolute atomic E-state index is 12.6. The number of nitrogens with one attached hydrogen (secondary N) is 1. The summed E-state index contributed by atoms with van der Waals surface area (Å²) < 4.78 is 4.63. The number of ether oxygens (including phenoxy) is 1. The van der Waals surface area contributed by atoms with Crippen molar-refractivity contribution < 1.29 is 23.9 Å². The summed E-state index contributed by atoms with van der Waals surface area (Å²) in [6.07, 6.45) is 0.0104. The first kappa shape index (κ1) is 20.9. The maximum atomic E-state index is 12.6. The highest BCUT2D eigenvalue weighted by Crippen LogP contribution is 2.30. The van der Waals surface area contributed by atoms with E-state index in [0.717, 1.165) is 16.7 Å².